The van der Waals surface area contributed by atoms with Crippen LogP contribution in [0.25, 0.3) is 16.0 Å². The van der Waals surface area contributed by atoms with Crippen molar-refractivity contribution in [1.82, 2.24) is 0 Å². The van der Waals surface area contributed by atoms with E-state index in [1.165, 1.54) is 0 Å². The summed E-state index contributed by atoms with van der Waals surface area (Å²) in [4.78, 5) is 15.4. The number of carbonyl (C=O) groups is 1. The molecule has 0 unspecified atom stereocenters. The van der Waals surface area contributed by atoms with Crippen molar-refractivity contribution in [3.8, 4) is 11.1 Å². The minimum absolute atomic E-state index is 0.0242. The van der Waals surface area contributed by atoms with Crippen LogP contribution in [-0.2, 0) is 0 Å². The molecule has 16 heavy (non-hydrogen) atoms. The molecule has 0 fully saturated rings. The number of nitrogens with zero attached hydrogens (tertiary/aromatic N) is 1. The highest BCUT2D eigenvalue weighted by molar-refractivity contribution is 6.22. The van der Waals surface area contributed by atoms with Gasteiger partial charge in [-0.25, -0.2) is 4.85 Å². The Kier molecular flexibility index (Phi) is 1.69. The van der Waals surface area contributed by atoms with Gasteiger partial charge in [-0.1, -0.05) is 36.4 Å². The van der Waals surface area contributed by atoms with E-state index in [4.69, 9.17) is 6.57 Å². The van der Waals surface area contributed by atoms with Crippen molar-refractivity contribution in [2.45, 2.75) is 0 Å². The molecule has 0 saturated carbocycles. The first-order valence-electron chi connectivity index (χ1n) is 4.97. The maximum atomic E-state index is 12.1. The quantitative estimate of drug-likeness (QED) is 0.515. The van der Waals surface area contributed by atoms with Gasteiger partial charge in [-0.15, -0.1) is 0 Å². The fourth-order valence-electron chi connectivity index (χ4n) is 2.09. The molecule has 0 bridgehead atoms. The molecule has 1 aliphatic rings. The molecule has 2 aromatic carbocycles. The van der Waals surface area contributed by atoms with Gasteiger partial charge in [0.2, 0.25) is 0 Å². The Bertz CT molecular complexity index is 650. The summed E-state index contributed by atoms with van der Waals surface area (Å²) in [6.45, 7) is 6.95. The van der Waals surface area contributed by atoms with Crippen LogP contribution >= 0.6 is 0 Å². The highest BCUT2D eigenvalue weighted by atomic mass is 16.1. The van der Waals surface area contributed by atoms with Crippen molar-refractivity contribution in [2.75, 3.05) is 0 Å². The fourth-order valence-corrected chi connectivity index (χ4v) is 2.09. The zero-order valence-corrected chi connectivity index (χ0v) is 8.40. The lowest BCUT2D eigenvalue weighted by molar-refractivity contribution is 0.104. The van der Waals surface area contributed by atoms with E-state index in [9.17, 15) is 4.79 Å². The summed E-state index contributed by atoms with van der Waals surface area (Å²) in [5.41, 5.74) is 3.81. The molecule has 0 amide bonds. The number of fused-ring (bicyclic) bond motifs is 3. The molecule has 2 nitrogen and oxygen atoms in total. The van der Waals surface area contributed by atoms with Crippen LogP contribution in [0.4, 0.5) is 5.69 Å². The molecule has 1 aliphatic carbocycles. The Balaban J connectivity index is 2.34. The van der Waals surface area contributed by atoms with E-state index in [1.807, 2.05) is 30.3 Å². The summed E-state index contributed by atoms with van der Waals surface area (Å²) in [7, 11) is 0. The van der Waals surface area contributed by atoms with Crippen LogP contribution in [0.5, 0.6) is 0 Å². The monoisotopic (exact) mass is 205 g/mol. The van der Waals surface area contributed by atoms with Gasteiger partial charge < -0.3 is 0 Å². The molecule has 74 valence electrons. The molecule has 0 saturated heterocycles. The first kappa shape index (κ1) is 8.87. The summed E-state index contributed by atoms with van der Waals surface area (Å²) in [5.74, 6) is 0.0242. The maximum absolute atomic E-state index is 12.1. The van der Waals surface area contributed by atoms with E-state index in [0.717, 1.165) is 16.7 Å². The van der Waals surface area contributed by atoms with Crippen LogP contribution < -0.4 is 0 Å². The van der Waals surface area contributed by atoms with Crippen molar-refractivity contribution < 1.29 is 4.79 Å². The number of carbonyl (C=O) groups excluding carboxylic acids is 1. The molecular weight excluding hydrogens is 198 g/mol. The number of hydrogen-bond donors (Lipinski definition) is 0. The van der Waals surface area contributed by atoms with Gasteiger partial charge in [-0.3, -0.25) is 4.79 Å². The van der Waals surface area contributed by atoms with Crippen molar-refractivity contribution in [3.63, 3.8) is 0 Å². The van der Waals surface area contributed by atoms with E-state index in [2.05, 4.69) is 4.85 Å². The molecule has 0 heterocycles. The minimum atomic E-state index is 0.0242. The summed E-state index contributed by atoms with van der Waals surface area (Å²) < 4.78 is 0. The second-order valence-electron chi connectivity index (χ2n) is 3.72. The standard InChI is InChI=1S/C14H7NO/c1-15-9-6-7-11-10-4-2-3-5-12(10)14(16)13(11)8-9/h2-8H. The first-order chi connectivity index (χ1) is 7.81. The zero-order valence-electron chi connectivity index (χ0n) is 8.40. The average Bonchev–Trinajstić information content (AvgIpc) is 2.64. The van der Waals surface area contributed by atoms with Crippen LogP contribution in [0.1, 0.15) is 15.9 Å². The number of benzene rings is 2. The molecule has 0 radical (unpaired) electrons. The number of hydrogen-bond acceptors (Lipinski definition) is 1. The molecule has 0 N–H and O–H groups in total. The van der Waals surface area contributed by atoms with Crippen LogP contribution in [-0.4, -0.2) is 5.78 Å². The van der Waals surface area contributed by atoms with Gasteiger partial charge in [-0.05, 0) is 17.2 Å². The second kappa shape index (κ2) is 3.04. The van der Waals surface area contributed by atoms with Gasteiger partial charge >= 0.3 is 0 Å². The van der Waals surface area contributed by atoms with E-state index < -0.39 is 0 Å². The Labute approximate surface area is 93.0 Å². The van der Waals surface area contributed by atoms with Gasteiger partial charge in [0.1, 0.15) is 0 Å². The highest BCUT2D eigenvalue weighted by Crippen LogP contribution is 2.37. The third kappa shape index (κ3) is 1.03. The molecular formula is C14H7NO. The number of ketones is 1. The lowest BCUT2D eigenvalue weighted by atomic mass is 10.1. The predicted octanol–water partition coefficient (Wildman–Crippen LogP) is 3.45. The van der Waals surface area contributed by atoms with Gasteiger partial charge in [0.25, 0.3) is 0 Å². The smallest absolute Gasteiger partial charge is 0.193 e. The molecule has 2 heteroatoms. The molecule has 0 spiro atoms. The fraction of sp³-hybridized carbons (Fsp3) is 0. The molecule has 0 aliphatic heterocycles. The van der Waals surface area contributed by atoms with E-state index >= 15 is 0 Å². The molecule has 0 aromatic heterocycles. The normalized spacial score (nSPS) is 11.8. The lowest BCUT2D eigenvalue weighted by Crippen LogP contribution is -1.93. The summed E-state index contributed by atoms with van der Waals surface area (Å²) >= 11 is 0. The average molecular weight is 205 g/mol. The van der Waals surface area contributed by atoms with Crippen LogP contribution in [0.2, 0.25) is 0 Å². The van der Waals surface area contributed by atoms with E-state index in [-0.39, 0.29) is 5.78 Å². The molecule has 3 rings (SSSR count). The molecule has 0 atom stereocenters. The third-order valence-corrected chi connectivity index (χ3v) is 2.84. The largest absolute Gasteiger partial charge is 0.289 e. The van der Waals surface area contributed by atoms with Crippen LogP contribution in [0, 0.1) is 6.57 Å². The lowest BCUT2D eigenvalue weighted by Gasteiger charge is -1.98. The van der Waals surface area contributed by atoms with Crippen molar-refractivity contribution in [1.29, 1.82) is 0 Å². The zero-order chi connectivity index (χ0) is 11.1. The van der Waals surface area contributed by atoms with E-state index in [1.54, 1.807) is 12.1 Å². The van der Waals surface area contributed by atoms with Crippen molar-refractivity contribution in [3.05, 3.63) is 65.0 Å². The Morgan fingerprint density at radius 3 is 2.31 bits per heavy atom. The van der Waals surface area contributed by atoms with Gasteiger partial charge in [-0.2, -0.15) is 0 Å². The Hall–Kier alpha value is -2.40. The summed E-state index contributed by atoms with van der Waals surface area (Å²) in [5, 5.41) is 0. The Morgan fingerprint density at radius 1 is 0.875 bits per heavy atom. The minimum Gasteiger partial charge on any atom is -0.289 e. The first-order valence-corrected chi connectivity index (χ1v) is 4.97. The SMILES string of the molecule is [C-]#[N+]c1ccc2c(c1)C(=O)c1ccccc1-2. The summed E-state index contributed by atoms with van der Waals surface area (Å²) in [6.07, 6.45) is 0. The Morgan fingerprint density at radius 2 is 1.56 bits per heavy atom. The predicted molar refractivity (Wildman–Crippen MR) is 61.6 cm³/mol. The summed E-state index contributed by atoms with van der Waals surface area (Å²) in [6, 6.07) is 12.8. The van der Waals surface area contributed by atoms with Crippen LogP contribution in [0.3, 0.4) is 0 Å². The van der Waals surface area contributed by atoms with Crippen LogP contribution in [0.15, 0.2) is 42.5 Å². The van der Waals surface area contributed by atoms with E-state index in [0.29, 0.717) is 11.3 Å². The van der Waals surface area contributed by atoms with Crippen molar-refractivity contribution in [2.24, 2.45) is 0 Å². The van der Waals surface area contributed by atoms with Gasteiger partial charge in [0.15, 0.2) is 11.5 Å². The maximum Gasteiger partial charge on any atom is 0.193 e. The van der Waals surface area contributed by atoms with Gasteiger partial charge in [0, 0.05) is 11.1 Å². The topological polar surface area (TPSA) is 21.4 Å². The van der Waals surface area contributed by atoms with Gasteiger partial charge in [0.05, 0.1) is 6.57 Å². The highest BCUT2D eigenvalue weighted by Gasteiger charge is 2.25. The molecule has 2 aromatic rings. The number of rotatable bonds is 0. The second-order valence-corrected chi connectivity index (χ2v) is 3.72. The third-order valence-electron chi connectivity index (χ3n) is 2.84. The van der Waals surface area contributed by atoms with Crippen molar-refractivity contribution >= 4 is 11.5 Å².